The smallest absolute Gasteiger partial charge is 0.131 e. The van der Waals surface area contributed by atoms with E-state index in [0.29, 0.717) is 21.3 Å². The normalized spacial score (nSPS) is 25.9. The molecular formula is C12H13BrClF. The van der Waals surface area contributed by atoms with E-state index in [2.05, 4.69) is 15.9 Å². The molecule has 0 N–H and O–H groups in total. The van der Waals surface area contributed by atoms with E-state index >= 15 is 0 Å². The Morgan fingerprint density at radius 3 is 2.73 bits per heavy atom. The molecule has 0 aliphatic heterocycles. The van der Waals surface area contributed by atoms with Gasteiger partial charge in [0.1, 0.15) is 5.82 Å². The lowest BCUT2D eigenvalue weighted by Gasteiger charge is -2.16. The maximum Gasteiger partial charge on any atom is 0.131 e. The SMILES string of the molecule is Cc1c(Cl)ccc(C2CCCC2Br)c1F. The highest BCUT2D eigenvalue weighted by molar-refractivity contribution is 9.09. The van der Waals surface area contributed by atoms with Crippen molar-refractivity contribution in [3.63, 3.8) is 0 Å². The van der Waals surface area contributed by atoms with Gasteiger partial charge in [0.25, 0.3) is 0 Å². The first-order chi connectivity index (χ1) is 7.11. The molecule has 1 aromatic rings. The molecule has 0 aromatic heterocycles. The van der Waals surface area contributed by atoms with Crippen molar-refractivity contribution in [2.75, 3.05) is 0 Å². The summed E-state index contributed by atoms with van der Waals surface area (Å²) in [6.07, 6.45) is 3.36. The van der Waals surface area contributed by atoms with Crippen molar-refractivity contribution in [1.82, 2.24) is 0 Å². The molecule has 2 atom stereocenters. The number of rotatable bonds is 1. The highest BCUT2D eigenvalue weighted by Gasteiger charge is 2.29. The lowest BCUT2D eigenvalue weighted by atomic mass is 9.95. The lowest BCUT2D eigenvalue weighted by Crippen LogP contribution is -2.07. The average molecular weight is 292 g/mol. The Bertz CT molecular complexity index is 378. The van der Waals surface area contributed by atoms with Gasteiger partial charge in [0, 0.05) is 15.4 Å². The van der Waals surface area contributed by atoms with E-state index in [4.69, 9.17) is 11.6 Å². The van der Waals surface area contributed by atoms with Gasteiger partial charge in [0.15, 0.2) is 0 Å². The standard InChI is InChI=1S/C12H13BrClF/c1-7-11(14)6-5-9(12(7)15)8-3-2-4-10(8)13/h5-6,8,10H,2-4H2,1H3. The summed E-state index contributed by atoms with van der Waals surface area (Å²) in [5.74, 6) is 0.180. The fraction of sp³-hybridized carbons (Fsp3) is 0.500. The van der Waals surface area contributed by atoms with Crippen molar-refractivity contribution < 1.29 is 4.39 Å². The van der Waals surface area contributed by atoms with Gasteiger partial charge in [0.05, 0.1) is 0 Å². The fourth-order valence-electron chi connectivity index (χ4n) is 2.23. The largest absolute Gasteiger partial charge is 0.206 e. The molecule has 0 saturated heterocycles. The van der Waals surface area contributed by atoms with Gasteiger partial charge in [-0.05, 0) is 37.3 Å². The second kappa shape index (κ2) is 4.42. The first-order valence-electron chi connectivity index (χ1n) is 5.20. The van der Waals surface area contributed by atoms with Crippen LogP contribution in [0.3, 0.4) is 0 Å². The molecule has 0 nitrogen and oxygen atoms in total. The molecule has 1 fully saturated rings. The molecule has 2 unspecified atom stereocenters. The maximum atomic E-state index is 14.0. The van der Waals surface area contributed by atoms with Crippen molar-refractivity contribution in [2.45, 2.75) is 36.9 Å². The molecule has 2 rings (SSSR count). The van der Waals surface area contributed by atoms with Crippen molar-refractivity contribution in [2.24, 2.45) is 0 Å². The molecule has 0 radical (unpaired) electrons. The second-order valence-corrected chi connectivity index (χ2v) is 5.71. The van der Waals surface area contributed by atoms with E-state index in [-0.39, 0.29) is 5.82 Å². The zero-order chi connectivity index (χ0) is 11.0. The summed E-state index contributed by atoms with van der Waals surface area (Å²) in [5, 5.41) is 0.514. The summed E-state index contributed by atoms with van der Waals surface area (Å²) >= 11 is 9.50. The van der Waals surface area contributed by atoms with Crippen LogP contribution in [0.1, 0.15) is 36.3 Å². The number of halogens is 3. The van der Waals surface area contributed by atoms with E-state index in [1.54, 1.807) is 13.0 Å². The molecule has 0 heterocycles. The second-order valence-electron chi connectivity index (χ2n) is 4.13. The molecule has 0 spiro atoms. The van der Waals surface area contributed by atoms with Crippen LogP contribution in [0.5, 0.6) is 0 Å². The van der Waals surface area contributed by atoms with Crippen molar-refractivity contribution in [3.05, 3.63) is 34.1 Å². The molecule has 15 heavy (non-hydrogen) atoms. The molecule has 82 valence electrons. The highest BCUT2D eigenvalue weighted by atomic mass is 79.9. The summed E-state index contributed by atoms with van der Waals surface area (Å²) in [7, 11) is 0. The van der Waals surface area contributed by atoms with E-state index in [1.165, 1.54) is 6.42 Å². The van der Waals surface area contributed by atoms with Gasteiger partial charge in [-0.1, -0.05) is 40.0 Å². The number of hydrogen-bond donors (Lipinski definition) is 0. The third-order valence-corrected chi connectivity index (χ3v) is 4.69. The molecule has 0 bridgehead atoms. The van der Waals surface area contributed by atoms with E-state index in [9.17, 15) is 4.39 Å². The zero-order valence-corrected chi connectivity index (χ0v) is 10.9. The van der Waals surface area contributed by atoms with Crippen LogP contribution in [-0.2, 0) is 0 Å². The van der Waals surface area contributed by atoms with Gasteiger partial charge in [-0.2, -0.15) is 0 Å². The summed E-state index contributed by atoms with van der Waals surface area (Å²) in [6.45, 7) is 1.74. The fourth-order valence-corrected chi connectivity index (χ4v) is 3.25. The average Bonchev–Trinajstić information content (AvgIpc) is 2.62. The van der Waals surface area contributed by atoms with Crippen LogP contribution in [-0.4, -0.2) is 4.83 Å². The molecule has 1 aromatic carbocycles. The van der Waals surface area contributed by atoms with Crippen LogP contribution in [0.4, 0.5) is 4.39 Å². The van der Waals surface area contributed by atoms with Gasteiger partial charge >= 0.3 is 0 Å². The van der Waals surface area contributed by atoms with E-state index in [0.717, 1.165) is 18.4 Å². The van der Waals surface area contributed by atoms with Gasteiger partial charge in [0.2, 0.25) is 0 Å². The monoisotopic (exact) mass is 290 g/mol. The van der Waals surface area contributed by atoms with E-state index in [1.807, 2.05) is 6.07 Å². The maximum absolute atomic E-state index is 14.0. The number of hydrogen-bond acceptors (Lipinski definition) is 0. The molecule has 0 amide bonds. The lowest BCUT2D eigenvalue weighted by molar-refractivity contribution is 0.577. The van der Waals surface area contributed by atoms with Crippen LogP contribution in [0.25, 0.3) is 0 Å². The predicted molar refractivity (Wildman–Crippen MR) is 65.5 cm³/mol. The number of benzene rings is 1. The van der Waals surface area contributed by atoms with Crippen LogP contribution in [0.15, 0.2) is 12.1 Å². The minimum Gasteiger partial charge on any atom is -0.206 e. The van der Waals surface area contributed by atoms with Crippen LogP contribution in [0.2, 0.25) is 5.02 Å². The van der Waals surface area contributed by atoms with Gasteiger partial charge < -0.3 is 0 Å². The molecule has 1 aliphatic rings. The first kappa shape index (κ1) is 11.4. The van der Waals surface area contributed by atoms with Gasteiger partial charge in [-0.3, -0.25) is 0 Å². The Kier molecular flexibility index (Phi) is 3.36. The number of alkyl halides is 1. The van der Waals surface area contributed by atoms with E-state index < -0.39 is 0 Å². The first-order valence-corrected chi connectivity index (χ1v) is 6.49. The zero-order valence-electron chi connectivity index (χ0n) is 8.56. The Labute approximate surface area is 103 Å². The summed E-state index contributed by atoms with van der Waals surface area (Å²) < 4.78 is 14.0. The summed E-state index contributed by atoms with van der Waals surface area (Å²) in [5.41, 5.74) is 1.39. The van der Waals surface area contributed by atoms with Gasteiger partial charge in [-0.15, -0.1) is 0 Å². The summed E-state index contributed by atoms with van der Waals surface area (Å²) in [4.78, 5) is 0.410. The molecule has 1 aliphatic carbocycles. The Morgan fingerprint density at radius 2 is 2.13 bits per heavy atom. The topological polar surface area (TPSA) is 0 Å². The predicted octanol–water partition coefficient (Wildman–Crippen LogP) is 4.82. The quantitative estimate of drug-likeness (QED) is 0.651. The van der Waals surface area contributed by atoms with Crippen molar-refractivity contribution in [3.8, 4) is 0 Å². The van der Waals surface area contributed by atoms with Crippen LogP contribution < -0.4 is 0 Å². The Hall–Kier alpha value is -0.0800. The van der Waals surface area contributed by atoms with Crippen molar-refractivity contribution >= 4 is 27.5 Å². The molecule has 3 heteroatoms. The summed E-state index contributed by atoms with van der Waals surface area (Å²) in [6, 6.07) is 3.63. The van der Waals surface area contributed by atoms with Crippen molar-refractivity contribution in [1.29, 1.82) is 0 Å². The Balaban J connectivity index is 2.40. The minimum atomic E-state index is -0.126. The highest BCUT2D eigenvalue weighted by Crippen LogP contribution is 2.41. The van der Waals surface area contributed by atoms with Crippen LogP contribution in [0, 0.1) is 12.7 Å². The van der Waals surface area contributed by atoms with Crippen LogP contribution >= 0.6 is 27.5 Å². The van der Waals surface area contributed by atoms with Gasteiger partial charge in [-0.25, -0.2) is 4.39 Å². The molecule has 1 saturated carbocycles. The minimum absolute atomic E-state index is 0.126. The third kappa shape index (κ3) is 2.07. The Morgan fingerprint density at radius 1 is 1.40 bits per heavy atom. The molecular weight excluding hydrogens is 278 g/mol. The third-order valence-electron chi connectivity index (χ3n) is 3.18.